The second kappa shape index (κ2) is 5.11. The highest BCUT2D eigenvalue weighted by Gasteiger charge is 1.92. The van der Waals surface area contributed by atoms with Gasteiger partial charge in [-0.3, -0.25) is 4.99 Å². The average molecular weight is 217 g/mol. The van der Waals surface area contributed by atoms with Crippen LogP contribution in [-0.2, 0) is 4.74 Å². The Kier molecular flexibility index (Phi) is 3.33. The summed E-state index contributed by atoms with van der Waals surface area (Å²) in [6.07, 6.45) is 1.49. The smallest absolute Gasteiger partial charge is 0.336 e. The largest absolute Gasteiger partial charge is 0.482 e. The Hall–Kier alpha value is -2.10. The van der Waals surface area contributed by atoms with Gasteiger partial charge in [0.15, 0.2) is 6.40 Å². The number of hydrogen-bond acceptors (Lipinski definition) is 4. The van der Waals surface area contributed by atoms with Crippen LogP contribution in [0.15, 0.2) is 50.6 Å². The third-order valence-corrected chi connectivity index (χ3v) is 2.02. The van der Waals surface area contributed by atoms with E-state index in [1.807, 2.05) is 18.2 Å². The van der Waals surface area contributed by atoms with E-state index in [-0.39, 0.29) is 5.63 Å². The molecular formula is C12H11NO3. The number of benzene rings is 1. The first kappa shape index (κ1) is 10.4. The molecule has 0 radical (unpaired) electrons. The average Bonchev–Trinajstić information content (AvgIpc) is 2.87. The molecule has 2 aromatic rings. The first-order chi connectivity index (χ1) is 7.86. The van der Waals surface area contributed by atoms with Gasteiger partial charge in [0.1, 0.15) is 12.2 Å². The van der Waals surface area contributed by atoms with Gasteiger partial charge in [-0.25, -0.2) is 4.79 Å². The molecule has 0 N–H and O–H groups in total. The van der Waals surface area contributed by atoms with E-state index in [0.717, 1.165) is 18.5 Å². The molecular weight excluding hydrogens is 206 g/mol. The summed E-state index contributed by atoms with van der Waals surface area (Å²) in [4.78, 5) is 14.5. The van der Waals surface area contributed by atoms with Gasteiger partial charge in [-0.2, -0.15) is 0 Å². The lowest BCUT2D eigenvalue weighted by molar-refractivity contribution is 0.361. The lowest BCUT2D eigenvalue weighted by Crippen LogP contribution is -1.93. The normalized spacial score (nSPS) is 13.0. The van der Waals surface area contributed by atoms with Gasteiger partial charge in [0.25, 0.3) is 0 Å². The number of hydrogen-bond donors (Lipinski definition) is 0. The molecule has 82 valence electrons. The molecule has 0 fully saturated rings. The molecule has 0 atom stereocenters. The minimum Gasteiger partial charge on any atom is -0.482 e. The quantitative estimate of drug-likeness (QED) is 0.632. The standard InChI is InChI=1S/C9H6O2.C3H5NO/c10-9-6-5-7-3-1-2-4-8(7)11-9;1-2-5-3-4-1/h1-6H;3H,1-2H2. The van der Waals surface area contributed by atoms with Crippen molar-refractivity contribution in [3.8, 4) is 0 Å². The van der Waals surface area contributed by atoms with Gasteiger partial charge in [0, 0.05) is 11.5 Å². The predicted octanol–water partition coefficient (Wildman–Crippen LogP) is 1.84. The highest BCUT2D eigenvalue weighted by Crippen LogP contribution is 2.08. The van der Waals surface area contributed by atoms with E-state index in [2.05, 4.69) is 9.73 Å². The van der Waals surface area contributed by atoms with Crippen LogP contribution in [0.5, 0.6) is 0 Å². The van der Waals surface area contributed by atoms with Gasteiger partial charge < -0.3 is 9.15 Å². The molecule has 0 bridgehead atoms. The highest BCUT2D eigenvalue weighted by atomic mass is 16.5. The van der Waals surface area contributed by atoms with E-state index < -0.39 is 0 Å². The molecule has 1 aromatic carbocycles. The third-order valence-electron chi connectivity index (χ3n) is 2.02. The lowest BCUT2D eigenvalue weighted by Gasteiger charge is -1.91. The van der Waals surface area contributed by atoms with Gasteiger partial charge in [0.2, 0.25) is 0 Å². The van der Waals surface area contributed by atoms with E-state index in [9.17, 15) is 4.79 Å². The van der Waals surface area contributed by atoms with E-state index in [0.29, 0.717) is 5.58 Å². The van der Waals surface area contributed by atoms with Crippen molar-refractivity contribution < 1.29 is 9.15 Å². The minimum atomic E-state index is -0.302. The van der Waals surface area contributed by atoms with Crippen molar-refractivity contribution in [2.75, 3.05) is 13.2 Å². The van der Waals surface area contributed by atoms with Crippen LogP contribution < -0.4 is 5.63 Å². The van der Waals surface area contributed by atoms with Crippen molar-refractivity contribution in [3.63, 3.8) is 0 Å². The summed E-state index contributed by atoms with van der Waals surface area (Å²) in [6, 6.07) is 10.6. The fourth-order valence-corrected chi connectivity index (χ4v) is 1.27. The van der Waals surface area contributed by atoms with Crippen molar-refractivity contribution in [3.05, 3.63) is 46.8 Å². The maximum absolute atomic E-state index is 10.7. The lowest BCUT2D eigenvalue weighted by atomic mass is 10.2. The summed E-state index contributed by atoms with van der Waals surface area (Å²) < 4.78 is 9.56. The molecule has 0 saturated heterocycles. The summed E-state index contributed by atoms with van der Waals surface area (Å²) in [7, 11) is 0. The second-order valence-electron chi connectivity index (χ2n) is 3.17. The van der Waals surface area contributed by atoms with Crippen LogP contribution in [0.25, 0.3) is 11.0 Å². The predicted molar refractivity (Wildman–Crippen MR) is 61.8 cm³/mol. The number of fused-ring (bicyclic) bond motifs is 1. The molecule has 0 spiro atoms. The number of rotatable bonds is 0. The van der Waals surface area contributed by atoms with Crippen LogP contribution in [0, 0.1) is 0 Å². The van der Waals surface area contributed by atoms with E-state index in [4.69, 9.17) is 4.42 Å². The molecule has 3 rings (SSSR count). The number of nitrogens with zero attached hydrogens (tertiary/aromatic N) is 1. The molecule has 0 amide bonds. The molecule has 2 heterocycles. The molecule has 1 aromatic heterocycles. The van der Waals surface area contributed by atoms with Crippen molar-refractivity contribution in [2.45, 2.75) is 0 Å². The fourth-order valence-electron chi connectivity index (χ4n) is 1.27. The second-order valence-corrected chi connectivity index (χ2v) is 3.17. The van der Waals surface area contributed by atoms with Crippen LogP contribution in [0.1, 0.15) is 0 Å². The zero-order valence-electron chi connectivity index (χ0n) is 8.63. The summed E-state index contributed by atoms with van der Waals surface area (Å²) >= 11 is 0. The van der Waals surface area contributed by atoms with Gasteiger partial charge in [-0.05, 0) is 12.1 Å². The zero-order chi connectivity index (χ0) is 11.2. The van der Waals surface area contributed by atoms with Gasteiger partial charge in [0.05, 0.1) is 6.54 Å². The highest BCUT2D eigenvalue weighted by molar-refractivity contribution is 5.75. The van der Waals surface area contributed by atoms with Gasteiger partial charge in [-0.1, -0.05) is 18.2 Å². The zero-order valence-corrected chi connectivity index (χ0v) is 8.63. The molecule has 0 unspecified atom stereocenters. The van der Waals surface area contributed by atoms with Gasteiger partial charge in [-0.15, -0.1) is 0 Å². The fraction of sp³-hybridized carbons (Fsp3) is 0.167. The first-order valence-electron chi connectivity index (χ1n) is 4.95. The van der Waals surface area contributed by atoms with Crippen LogP contribution in [0.3, 0.4) is 0 Å². The van der Waals surface area contributed by atoms with Crippen LogP contribution in [0.2, 0.25) is 0 Å². The van der Waals surface area contributed by atoms with E-state index >= 15 is 0 Å². The van der Waals surface area contributed by atoms with Crippen LogP contribution in [-0.4, -0.2) is 19.6 Å². The monoisotopic (exact) mass is 217 g/mol. The Labute approximate surface area is 92.2 Å². The molecule has 0 saturated carbocycles. The molecule has 4 nitrogen and oxygen atoms in total. The number of para-hydroxylation sites is 1. The number of aliphatic imine (C=N–C) groups is 1. The third kappa shape index (κ3) is 2.70. The maximum atomic E-state index is 10.7. The Morgan fingerprint density at radius 1 is 1.12 bits per heavy atom. The Morgan fingerprint density at radius 3 is 2.69 bits per heavy atom. The Morgan fingerprint density at radius 2 is 2.00 bits per heavy atom. The summed E-state index contributed by atoms with van der Waals surface area (Å²) in [5.41, 5.74) is 0.337. The molecule has 16 heavy (non-hydrogen) atoms. The topological polar surface area (TPSA) is 51.8 Å². The van der Waals surface area contributed by atoms with Crippen molar-refractivity contribution in [2.24, 2.45) is 4.99 Å². The summed E-state index contributed by atoms with van der Waals surface area (Å²) in [6.45, 7) is 1.62. The maximum Gasteiger partial charge on any atom is 0.336 e. The summed E-state index contributed by atoms with van der Waals surface area (Å²) in [5, 5.41) is 0.951. The molecule has 1 aliphatic heterocycles. The van der Waals surface area contributed by atoms with E-state index in [1.165, 1.54) is 12.5 Å². The molecule has 1 aliphatic rings. The first-order valence-corrected chi connectivity index (χ1v) is 4.95. The number of ether oxygens (including phenoxy) is 1. The minimum absolute atomic E-state index is 0.302. The van der Waals surface area contributed by atoms with E-state index in [1.54, 1.807) is 12.1 Å². The Bertz CT molecular complexity index is 539. The van der Waals surface area contributed by atoms with Crippen LogP contribution >= 0.6 is 0 Å². The van der Waals surface area contributed by atoms with Gasteiger partial charge >= 0.3 is 5.63 Å². The molecule has 0 aliphatic carbocycles. The van der Waals surface area contributed by atoms with Crippen molar-refractivity contribution in [1.29, 1.82) is 0 Å². The SMILES string of the molecule is C1=NCCO1.O=c1ccc2ccccc2o1. The van der Waals surface area contributed by atoms with Crippen molar-refractivity contribution >= 4 is 17.4 Å². The Balaban J connectivity index is 0.000000162. The molecule has 4 heteroatoms. The summed E-state index contributed by atoms with van der Waals surface area (Å²) in [5.74, 6) is 0. The van der Waals surface area contributed by atoms with Crippen molar-refractivity contribution in [1.82, 2.24) is 0 Å². The van der Waals surface area contributed by atoms with Crippen LogP contribution in [0.4, 0.5) is 0 Å².